The van der Waals surface area contributed by atoms with Crippen molar-refractivity contribution >= 4 is 63.6 Å². The van der Waals surface area contributed by atoms with Gasteiger partial charge < -0.3 is 20.4 Å². The molecular weight excluding hydrogens is 833 g/mol. The number of carbonyl (C=O) groups excluding carboxylic acids is 5. The van der Waals surface area contributed by atoms with E-state index in [2.05, 4.69) is 59.9 Å². The summed E-state index contributed by atoms with van der Waals surface area (Å²) in [7, 11) is 0. The summed E-state index contributed by atoms with van der Waals surface area (Å²) in [6.07, 6.45) is 7.68. The summed E-state index contributed by atoms with van der Waals surface area (Å²) >= 11 is 0. The van der Waals surface area contributed by atoms with Crippen LogP contribution in [0.25, 0.3) is 10.9 Å². The van der Waals surface area contributed by atoms with E-state index in [-0.39, 0.29) is 36.9 Å². The molecule has 4 fully saturated rings. The summed E-state index contributed by atoms with van der Waals surface area (Å²) in [6, 6.07) is 31.2. The van der Waals surface area contributed by atoms with E-state index in [1.807, 2.05) is 71.8 Å². The molecule has 0 radical (unpaired) electrons. The van der Waals surface area contributed by atoms with Crippen LogP contribution in [0.5, 0.6) is 0 Å². The van der Waals surface area contributed by atoms with E-state index in [4.69, 9.17) is 4.98 Å². The van der Waals surface area contributed by atoms with Crippen molar-refractivity contribution in [2.45, 2.75) is 76.0 Å². The Balaban J connectivity index is 0.717. The van der Waals surface area contributed by atoms with Crippen molar-refractivity contribution in [1.29, 1.82) is 0 Å². The molecule has 15 heteroatoms. The van der Waals surface area contributed by atoms with Crippen LogP contribution >= 0.6 is 0 Å². The van der Waals surface area contributed by atoms with Crippen LogP contribution in [0.4, 0.5) is 27.8 Å². The molecule has 1 unspecified atom stereocenters. The lowest BCUT2D eigenvalue weighted by molar-refractivity contribution is -0.136. The van der Waals surface area contributed by atoms with Crippen LogP contribution in [0.1, 0.15) is 77.6 Å². The van der Waals surface area contributed by atoms with Crippen LogP contribution in [0.2, 0.25) is 0 Å². The number of urea groups is 1. The molecule has 15 nitrogen and oxygen atoms in total. The molecule has 4 aromatic carbocycles. The zero-order valence-electron chi connectivity index (χ0n) is 37.1. The minimum absolute atomic E-state index is 0.0544. The van der Waals surface area contributed by atoms with Crippen molar-refractivity contribution in [2.75, 3.05) is 65.8 Å². The maximum Gasteiger partial charge on any atom is 0.322 e. The third-order valence-corrected chi connectivity index (χ3v) is 14.2. The average molecular weight is 889 g/mol. The Morgan fingerprint density at radius 2 is 1.41 bits per heavy atom. The first-order valence-electron chi connectivity index (χ1n) is 23.5. The Morgan fingerprint density at radius 3 is 2.17 bits per heavy atom. The SMILES string of the molecule is O=C1CCC(N2C(=O)c3ccc(N4CCC(CN5CCN(c6ccc(N(C(=O)NCc7ccccc7)C7CCC(Nc8ncc9ccccc9n8)CC7)cc6)CC5)CC4)cc3C2=O)C(=O)N1. The predicted molar refractivity (Wildman–Crippen MR) is 254 cm³/mol. The van der Waals surface area contributed by atoms with Crippen molar-refractivity contribution < 1.29 is 24.0 Å². The highest BCUT2D eigenvalue weighted by molar-refractivity contribution is 6.23. The Labute approximate surface area is 384 Å². The molecule has 4 aliphatic heterocycles. The molecule has 5 aliphatic rings. The number of hydrogen-bond acceptors (Lipinski definition) is 11. The van der Waals surface area contributed by atoms with E-state index in [9.17, 15) is 24.0 Å². The number of hydrogen-bond donors (Lipinski definition) is 3. The zero-order chi connectivity index (χ0) is 45.1. The fraction of sp³-hybridized carbons (Fsp3) is 0.392. The average Bonchev–Trinajstić information content (AvgIpc) is 3.60. The highest BCUT2D eigenvalue weighted by Gasteiger charge is 2.45. The molecule has 340 valence electrons. The van der Waals surface area contributed by atoms with Crippen LogP contribution in [-0.2, 0) is 16.1 Å². The molecule has 1 aromatic heterocycles. The number of amides is 6. The summed E-state index contributed by atoms with van der Waals surface area (Å²) in [4.78, 5) is 84.4. The van der Waals surface area contributed by atoms with Crippen LogP contribution in [0.3, 0.4) is 0 Å². The maximum atomic E-state index is 14.0. The molecule has 3 saturated heterocycles. The molecule has 3 N–H and O–H groups in total. The number of rotatable bonds is 11. The van der Waals surface area contributed by atoms with E-state index in [0.717, 1.165) is 123 Å². The molecule has 1 atom stereocenters. The molecule has 0 bridgehead atoms. The van der Waals surface area contributed by atoms with Gasteiger partial charge in [0.2, 0.25) is 17.8 Å². The number of piperazine rings is 1. The second kappa shape index (κ2) is 18.9. The van der Waals surface area contributed by atoms with E-state index < -0.39 is 23.8 Å². The van der Waals surface area contributed by atoms with Gasteiger partial charge in [-0.15, -0.1) is 0 Å². The maximum absolute atomic E-state index is 14.0. The fourth-order valence-corrected chi connectivity index (χ4v) is 10.5. The minimum atomic E-state index is -0.971. The summed E-state index contributed by atoms with van der Waals surface area (Å²) in [5, 5.41) is 10.0. The number of imide groups is 2. The largest absolute Gasteiger partial charge is 0.371 e. The van der Waals surface area contributed by atoms with E-state index in [1.54, 1.807) is 12.1 Å². The van der Waals surface area contributed by atoms with E-state index >= 15 is 0 Å². The second-order valence-corrected chi connectivity index (χ2v) is 18.3. The third-order valence-electron chi connectivity index (χ3n) is 14.2. The van der Waals surface area contributed by atoms with Gasteiger partial charge in [0.1, 0.15) is 6.04 Å². The monoisotopic (exact) mass is 888 g/mol. The Kier molecular flexibility index (Phi) is 12.3. The molecule has 66 heavy (non-hydrogen) atoms. The van der Waals surface area contributed by atoms with Gasteiger partial charge in [-0.05, 0) is 105 Å². The number of nitrogens with one attached hydrogen (secondary N) is 3. The standard InChI is InChI=1S/C51H56N10O5/c62-46-21-20-45(47(63)56-46)61-48(64)42-19-18-41(30-43(42)49(61)65)58-24-22-35(23-25-58)33-57-26-28-59(29-27-57)38-14-16-40(17-15-38)60(51(66)53-31-34-6-2-1-3-7-34)39-12-10-37(11-13-39)54-50-52-32-36-8-4-5-9-44(36)55-50/h1-9,14-19,30,32,35,37,39,45H,10-13,20-29,31,33H2,(H,53,66)(H,52,54,55)(H,56,62,63). The fourth-order valence-electron chi connectivity index (χ4n) is 10.5. The number of nitrogens with zero attached hydrogens (tertiary/aromatic N) is 7. The Morgan fingerprint density at radius 1 is 0.712 bits per heavy atom. The van der Waals surface area contributed by atoms with Gasteiger partial charge in [-0.3, -0.25) is 39.2 Å². The number of aromatic nitrogens is 2. The highest BCUT2D eigenvalue weighted by Crippen LogP contribution is 2.34. The molecular formula is C51H56N10O5. The van der Waals surface area contributed by atoms with Crippen LogP contribution < -0.4 is 30.7 Å². The van der Waals surface area contributed by atoms with Gasteiger partial charge in [0.05, 0.1) is 16.6 Å². The molecule has 6 amide bonds. The molecule has 5 aromatic rings. The van der Waals surface area contributed by atoms with Gasteiger partial charge in [0.15, 0.2) is 0 Å². The van der Waals surface area contributed by atoms with Crippen LogP contribution in [0, 0.1) is 5.92 Å². The quantitative estimate of drug-likeness (QED) is 0.129. The lowest BCUT2D eigenvalue weighted by Crippen LogP contribution is -2.54. The first-order chi connectivity index (χ1) is 32.2. The van der Waals surface area contributed by atoms with Gasteiger partial charge >= 0.3 is 6.03 Å². The van der Waals surface area contributed by atoms with Crippen LogP contribution in [-0.4, -0.2) is 113 Å². The molecule has 5 heterocycles. The van der Waals surface area contributed by atoms with Crippen molar-refractivity contribution in [2.24, 2.45) is 5.92 Å². The van der Waals surface area contributed by atoms with Gasteiger partial charge in [-0.1, -0.05) is 48.5 Å². The molecule has 1 saturated carbocycles. The van der Waals surface area contributed by atoms with Gasteiger partial charge in [0, 0.05) is 99.5 Å². The topological polar surface area (TPSA) is 163 Å². The number of piperidine rings is 2. The summed E-state index contributed by atoms with van der Waals surface area (Å²) < 4.78 is 0. The number of fused-ring (bicyclic) bond motifs is 2. The summed E-state index contributed by atoms with van der Waals surface area (Å²) in [6.45, 7) is 7.01. The van der Waals surface area contributed by atoms with Gasteiger partial charge in [0.25, 0.3) is 11.8 Å². The third kappa shape index (κ3) is 9.17. The van der Waals surface area contributed by atoms with E-state index in [1.165, 1.54) is 0 Å². The van der Waals surface area contributed by atoms with Crippen molar-refractivity contribution in [3.05, 3.63) is 120 Å². The second-order valence-electron chi connectivity index (χ2n) is 18.3. The van der Waals surface area contributed by atoms with Gasteiger partial charge in [-0.25, -0.2) is 14.8 Å². The van der Waals surface area contributed by atoms with Crippen molar-refractivity contribution in [3.8, 4) is 0 Å². The molecule has 10 rings (SSSR count). The normalized spacial score (nSPS) is 21.8. The molecule has 0 spiro atoms. The highest BCUT2D eigenvalue weighted by atomic mass is 16.2. The number of benzene rings is 4. The number of para-hydroxylation sites is 1. The smallest absolute Gasteiger partial charge is 0.322 e. The number of carbonyl (C=O) groups is 5. The zero-order valence-corrected chi connectivity index (χ0v) is 37.1. The first-order valence-corrected chi connectivity index (χ1v) is 23.5. The summed E-state index contributed by atoms with van der Waals surface area (Å²) in [5.74, 6) is -0.743. The van der Waals surface area contributed by atoms with Crippen molar-refractivity contribution in [1.82, 2.24) is 30.4 Å². The van der Waals surface area contributed by atoms with Crippen molar-refractivity contribution in [3.63, 3.8) is 0 Å². The van der Waals surface area contributed by atoms with Crippen LogP contribution in [0.15, 0.2) is 103 Å². The Hall–Kier alpha value is -6.87. The Bertz CT molecular complexity index is 2600. The summed E-state index contributed by atoms with van der Waals surface area (Å²) in [5.41, 5.74) is 5.57. The van der Waals surface area contributed by atoms with E-state index in [0.29, 0.717) is 29.5 Å². The first kappa shape index (κ1) is 43.0. The number of anilines is 4. The van der Waals surface area contributed by atoms with Gasteiger partial charge in [-0.2, -0.15) is 0 Å². The predicted octanol–water partition coefficient (Wildman–Crippen LogP) is 6.21. The molecule has 1 aliphatic carbocycles. The lowest BCUT2D eigenvalue weighted by atomic mass is 9.90. The minimum Gasteiger partial charge on any atom is -0.371 e. The lowest BCUT2D eigenvalue weighted by Gasteiger charge is -2.40.